The van der Waals surface area contributed by atoms with Crippen molar-refractivity contribution < 1.29 is 0 Å². The normalized spacial score (nSPS) is 12.3. The third kappa shape index (κ3) is 2.85. The van der Waals surface area contributed by atoms with Gasteiger partial charge in [-0.3, -0.25) is 0 Å². The maximum absolute atomic E-state index is 5.54. The molecule has 0 aliphatic heterocycles. The molecule has 2 N–H and O–H groups in total. The fraction of sp³-hybridized carbons (Fsp3) is 0.273. The van der Waals surface area contributed by atoms with Crippen LogP contribution in [0.15, 0.2) is 30.3 Å². The summed E-state index contributed by atoms with van der Waals surface area (Å²) in [6.45, 7) is 2.49. The van der Waals surface area contributed by atoms with Crippen molar-refractivity contribution in [3.8, 4) is 11.4 Å². The van der Waals surface area contributed by atoms with Crippen LogP contribution in [0.5, 0.6) is 0 Å². The summed E-state index contributed by atoms with van der Waals surface area (Å²) in [6.07, 6.45) is 0. The first-order valence-electron chi connectivity index (χ1n) is 5.29. The smallest absolute Gasteiger partial charge is 0.204 e. The number of thiocarbonyl (C=S) groups is 1. The van der Waals surface area contributed by atoms with E-state index in [-0.39, 0.29) is 5.92 Å². The highest BCUT2D eigenvalue weighted by molar-refractivity contribution is 7.80. The van der Waals surface area contributed by atoms with Crippen molar-refractivity contribution in [3.63, 3.8) is 0 Å². The van der Waals surface area contributed by atoms with Crippen LogP contribution in [0, 0.1) is 5.92 Å². The Bertz CT molecular complexity index is 508. The second-order valence-corrected chi connectivity index (χ2v) is 4.31. The molecule has 88 valence electrons. The second kappa shape index (κ2) is 5.01. The summed E-state index contributed by atoms with van der Waals surface area (Å²) in [5, 5.41) is 12.3. The molecule has 0 aliphatic carbocycles. The van der Waals surface area contributed by atoms with Crippen LogP contribution in [-0.4, -0.2) is 25.2 Å². The van der Waals surface area contributed by atoms with Crippen molar-refractivity contribution in [2.45, 2.75) is 13.5 Å². The zero-order valence-corrected chi connectivity index (χ0v) is 10.3. The van der Waals surface area contributed by atoms with Gasteiger partial charge in [-0.05, 0) is 5.21 Å². The van der Waals surface area contributed by atoms with Crippen molar-refractivity contribution in [2.24, 2.45) is 11.7 Å². The maximum Gasteiger partial charge on any atom is 0.204 e. The zero-order valence-electron chi connectivity index (χ0n) is 9.45. The molecule has 1 aromatic heterocycles. The summed E-state index contributed by atoms with van der Waals surface area (Å²) < 4.78 is 0. The number of rotatable bonds is 4. The molecule has 0 amide bonds. The first-order chi connectivity index (χ1) is 8.16. The van der Waals surface area contributed by atoms with Crippen LogP contribution in [0.1, 0.15) is 6.92 Å². The molecule has 0 fully saturated rings. The fourth-order valence-corrected chi connectivity index (χ4v) is 1.43. The molecule has 0 aliphatic rings. The van der Waals surface area contributed by atoms with Gasteiger partial charge in [0.25, 0.3) is 0 Å². The van der Waals surface area contributed by atoms with E-state index in [1.54, 1.807) is 0 Å². The second-order valence-electron chi connectivity index (χ2n) is 3.84. The highest BCUT2D eigenvalue weighted by Gasteiger charge is 2.10. The Morgan fingerprint density at radius 3 is 2.76 bits per heavy atom. The van der Waals surface area contributed by atoms with Crippen LogP contribution < -0.4 is 5.73 Å². The summed E-state index contributed by atoms with van der Waals surface area (Å²) in [7, 11) is 0. The number of tetrazole rings is 1. The maximum atomic E-state index is 5.54. The zero-order chi connectivity index (χ0) is 12.3. The molecule has 0 spiro atoms. The third-order valence-electron chi connectivity index (χ3n) is 2.41. The Labute approximate surface area is 105 Å². The van der Waals surface area contributed by atoms with Gasteiger partial charge in [0.1, 0.15) is 0 Å². The Kier molecular flexibility index (Phi) is 3.43. The summed E-state index contributed by atoms with van der Waals surface area (Å²) in [5.74, 6) is 0.670. The number of nitrogens with zero attached hydrogens (tertiary/aromatic N) is 4. The average molecular weight is 247 g/mol. The standard InChI is InChI=1S/C11H13N5S/c1-8(10(12)17)7-16-14-11(13-15-16)9-5-3-2-4-6-9/h2-6,8H,7H2,1H3,(H2,12,17). The average Bonchev–Trinajstić information content (AvgIpc) is 2.78. The van der Waals surface area contributed by atoms with Crippen LogP contribution in [0.2, 0.25) is 0 Å². The van der Waals surface area contributed by atoms with Gasteiger partial charge in [-0.2, -0.15) is 4.80 Å². The lowest BCUT2D eigenvalue weighted by Gasteiger charge is -2.06. The van der Waals surface area contributed by atoms with E-state index in [2.05, 4.69) is 15.4 Å². The minimum atomic E-state index is 0.0582. The predicted molar refractivity (Wildman–Crippen MR) is 69.2 cm³/mol. The first-order valence-corrected chi connectivity index (χ1v) is 5.70. The van der Waals surface area contributed by atoms with E-state index in [1.807, 2.05) is 37.3 Å². The van der Waals surface area contributed by atoms with E-state index in [4.69, 9.17) is 18.0 Å². The topological polar surface area (TPSA) is 69.6 Å². The van der Waals surface area contributed by atoms with Gasteiger partial charge in [0.2, 0.25) is 5.82 Å². The molecule has 1 atom stereocenters. The lowest BCUT2D eigenvalue weighted by atomic mass is 10.2. The molecule has 0 saturated heterocycles. The molecule has 5 nitrogen and oxygen atoms in total. The largest absolute Gasteiger partial charge is 0.393 e. The van der Waals surface area contributed by atoms with Crippen molar-refractivity contribution in [2.75, 3.05) is 0 Å². The molecule has 1 heterocycles. The number of hydrogen-bond acceptors (Lipinski definition) is 4. The molecule has 2 rings (SSSR count). The van der Waals surface area contributed by atoms with Gasteiger partial charge in [-0.25, -0.2) is 0 Å². The number of nitrogens with two attached hydrogens (primary N) is 1. The highest BCUT2D eigenvalue weighted by atomic mass is 32.1. The SMILES string of the molecule is CC(Cn1nnc(-c2ccccc2)n1)C(N)=S. The molecule has 0 radical (unpaired) electrons. The Morgan fingerprint density at radius 2 is 2.12 bits per heavy atom. The van der Waals surface area contributed by atoms with Crippen molar-refractivity contribution in [3.05, 3.63) is 30.3 Å². The molecule has 1 unspecified atom stereocenters. The quantitative estimate of drug-likeness (QED) is 0.824. The van der Waals surface area contributed by atoms with E-state index in [0.717, 1.165) is 5.56 Å². The number of benzene rings is 1. The van der Waals surface area contributed by atoms with Crippen molar-refractivity contribution in [1.29, 1.82) is 0 Å². The molecule has 0 saturated carbocycles. The van der Waals surface area contributed by atoms with E-state index in [1.165, 1.54) is 4.80 Å². The van der Waals surface area contributed by atoms with Crippen molar-refractivity contribution in [1.82, 2.24) is 20.2 Å². The minimum absolute atomic E-state index is 0.0582. The van der Waals surface area contributed by atoms with E-state index >= 15 is 0 Å². The van der Waals surface area contributed by atoms with Gasteiger partial charge in [0.15, 0.2) is 0 Å². The number of hydrogen-bond donors (Lipinski definition) is 1. The van der Waals surface area contributed by atoms with Gasteiger partial charge >= 0.3 is 0 Å². The lowest BCUT2D eigenvalue weighted by Crippen LogP contribution is -2.24. The van der Waals surface area contributed by atoms with Gasteiger partial charge in [-0.1, -0.05) is 49.5 Å². The van der Waals surface area contributed by atoms with E-state index < -0.39 is 0 Å². The van der Waals surface area contributed by atoms with Crippen LogP contribution in [0.3, 0.4) is 0 Å². The molecule has 1 aromatic carbocycles. The molecule has 0 bridgehead atoms. The molecular formula is C11H13N5S. The number of aromatic nitrogens is 4. The molecule has 2 aromatic rings. The van der Waals surface area contributed by atoms with Gasteiger partial charge in [0, 0.05) is 11.5 Å². The summed E-state index contributed by atoms with van der Waals surface area (Å²) in [6, 6.07) is 9.71. The predicted octanol–water partition coefficient (Wildman–Crippen LogP) is 1.26. The Balaban J connectivity index is 2.14. The van der Waals surface area contributed by atoms with E-state index in [0.29, 0.717) is 17.4 Å². The Hall–Kier alpha value is -1.82. The van der Waals surface area contributed by atoms with Crippen LogP contribution in [-0.2, 0) is 6.54 Å². The van der Waals surface area contributed by atoms with Gasteiger partial charge < -0.3 is 5.73 Å². The first kappa shape index (κ1) is 11.7. The third-order valence-corrected chi connectivity index (χ3v) is 2.81. The molecule has 17 heavy (non-hydrogen) atoms. The summed E-state index contributed by atoms with van der Waals surface area (Å²) in [5.41, 5.74) is 6.49. The molecular weight excluding hydrogens is 234 g/mol. The van der Waals surface area contributed by atoms with Gasteiger partial charge in [0.05, 0.1) is 11.5 Å². The van der Waals surface area contributed by atoms with E-state index in [9.17, 15) is 0 Å². The van der Waals surface area contributed by atoms with Gasteiger partial charge in [-0.15, -0.1) is 10.2 Å². The fourth-order valence-electron chi connectivity index (χ4n) is 1.36. The summed E-state index contributed by atoms with van der Waals surface area (Å²) in [4.78, 5) is 1.98. The Morgan fingerprint density at radius 1 is 1.41 bits per heavy atom. The summed E-state index contributed by atoms with van der Waals surface area (Å²) >= 11 is 4.91. The van der Waals surface area contributed by atoms with Crippen LogP contribution in [0.25, 0.3) is 11.4 Å². The lowest BCUT2D eigenvalue weighted by molar-refractivity contribution is 0.473. The van der Waals surface area contributed by atoms with Crippen LogP contribution >= 0.6 is 12.2 Å². The van der Waals surface area contributed by atoms with Crippen LogP contribution in [0.4, 0.5) is 0 Å². The monoisotopic (exact) mass is 247 g/mol. The molecule has 6 heteroatoms. The van der Waals surface area contributed by atoms with Crippen molar-refractivity contribution >= 4 is 17.2 Å². The minimum Gasteiger partial charge on any atom is -0.393 e. The highest BCUT2D eigenvalue weighted by Crippen LogP contribution is 2.12.